The maximum absolute atomic E-state index is 13.4. The van der Waals surface area contributed by atoms with Gasteiger partial charge in [-0.3, -0.25) is 14.4 Å². The third-order valence-corrected chi connectivity index (χ3v) is 8.25. The van der Waals surface area contributed by atoms with E-state index >= 15 is 0 Å². The van der Waals surface area contributed by atoms with E-state index in [-0.39, 0.29) is 23.3 Å². The minimum Gasteiger partial charge on any atom is -0.462 e. The molecule has 2 amide bonds. The van der Waals surface area contributed by atoms with Gasteiger partial charge >= 0.3 is 10.8 Å². The maximum atomic E-state index is 13.4. The van der Waals surface area contributed by atoms with Crippen LogP contribution in [-0.4, -0.2) is 34.6 Å². The Balaban J connectivity index is 1.71. The lowest BCUT2D eigenvalue weighted by atomic mass is 9.72. The van der Waals surface area contributed by atoms with Gasteiger partial charge in [0.25, 0.3) is 0 Å². The SMILES string of the molecule is CCOC(=O)c1ccc(N2C(=O)[C@@H]3Sc4[nH]c(=O)sc4[C@@](C)(CC)[C@H]3C2=O)cc1. The number of imide groups is 1. The smallest absolute Gasteiger partial charge is 0.338 e. The maximum Gasteiger partial charge on any atom is 0.338 e. The summed E-state index contributed by atoms with van der Waals surface area (Å²) in [7, 11) is 0. The molecule has 0 aliphatic carbocycles. The van der Waals surface area contributed by atoms with E-state index in [4.69, 9.17) is 4.74 Å². The molecule has 2 aliphatic rings. The Kier molecular flexibility index (Phi) is 4.90. The van der Waals surface area contributed by atoms with Gasteiger partial charge < -0.3 is 9.72 Å². The molecule has 29 heavy (non-hydrogen) atoms. The molecule has 7 nitrogen and oxygen atoms in total. The molecule has 2 aromatic rings. The number of hydrogen-bond donors (Lipinski definition) is 1. The van der Waals surface area contributed by atoms with Crippen LogP contribution < -0.4 is 9.77 Å². The molecule has 3 atom stereocenters. The number of anilines is 1. The summed E-state index contributed by atoms with van der Waals surface area (Å²) in [6.07, 6.45) is 0.629. The summed E-state index contributed by atoms with van der Waals surface area (Å²) in [6, 6.07) is 6.28. The zero-order valence-corrected chi connectivity index (χ0v) is 17.8. The summed E-state index contributed by atoms with van der Waals surface area (Å²) in [6.45, 7) is 5.91. The van der Waals surface area contributed by atoms with Crippen molar-refractivity contribution in [2.75, 3.05) is 11.5 Å². The molecular formula is C20H20N2O5S2. The second kappa shape index (κ2) is 7.14. The van der Waals surface area contributed by atoms with Crippen LogP contribution in [-0.2, 0) is 19.7 Å². The highest BCUT2D eigenvalue weighted by Crippen LogP contribution is 2.55. The molecule has 4 rings (SSSR count). The van der Waals surface area contributed by atoms with Gasteiger partial charge in [-0.2, -0.15) is 0 Å². The van der Waals surface area contributed by atoms with Gasteiger partial charge in [0, 0.05) is 10.3 Å². The van der Waals surface area contributed by atoms with Crippen LogP contribution >= 0.6 is 23.1 Å². The quantitative estimate of drug-likeness (QED) is 0.589. The van der Waals surface area contributed by atoms with E-state index in [1.165, 1.54) is 16.7 Å². The number of ether oxygens (including phenoxy) is 1. The number of thioether (sulfide) groups is 1. The van der Waals surface area contributed by atoms with Crippen molar-refractivity contribution in [2.24, 2.45) is 5.92 Å². The number of amides is 2. The van der Waals surface area contributed by atoms with Crippen molar-refractivity contribution in [2.45, 2.75) is 42.9 Å². The molecule has 152 valence electrons. The minimum atomic E-state index is -0.596. The zero-order valence-electron chi connectivity index (χ0n) is 16.2. The number of thiazole rings is 1. The molecule has 9 heteroatoms. The lowest BCUT2D eigenvalue weighted by molar-refractivity contribution is -0.123. The first-order valence-electron chi connectivity index (χ1n) is 9.37. The summed E-state index contributed by atoms with van der Waals surface area (Å²) in [4.78, 5) is 55.0. The van der Waals surface area contributed by atoms with E-state index in [1.807, 2.05) is 13.8 Å². The number of aromatic amines is 1. The van der Waals surface area contributed by atoms with Gasteiger partial charge in [-0.05, 0) is 37.6 Å². The molecule has 1 saturated heterocycles. The molecule has 3 heterocycles. The summed E-state index contributed by atoms with van der Waals surface area (Å²) in [5.41, 5.74) is 0.194. The Morgan fingerprint density at radius 1 is 1.17 bits per heavy atom. The van der Waals surface area contributed by atoms with Crippen LogP contribution in [0.4, 0.5) is 5.69 Å². The van der Waals surface area contributed by atoms with E-state index in [0.717, 1.165) is 16.2 Å². The minimum absolute atomic E-state index is 0.173. The molecule has 1 N–H and O–H groups in total. The molecule has 2 aliphatic heterocycles. The Hall–Kier alpha value is -2.39. The topological polar surface area (TPSA) is 96.5 Å². The fourth-order valence-electron chi connectivity index (χ4n) is 4.01. The number of esters is 1. The van der Waals surface area contributed by atoms with Gasteiger partial charge in [0.05, 0.1) is 28.8 Å². The van der Waals surface area contributed by atoms with Gasteiger partial charge in [-0.25, -0.2) is 9.69 Å². The molecule has 1 aromatic carbocycles. The standard InChI is InChI=1S/C20H20N2O5S2/c1-4-20(3)12-13(28-15-14(20)29-19(26)21-15)17(24)22(16(12)23)11-8-6-10(7-9-11)18(25)27-5-2/h6-9,12-13H,4-5H2,1-3H3,(H,21,26)/t12-,13-,20+/m1/s1. The molecule has 1 fully saturated rings. The highest BCUT2D eigenvalue weighted by atomic mass is 32.2. The van der Waals surface area contributed by atoms with Crippen LogP contribution in [0.2, 0.25) is 0 Å². The van der Waals surface area contributed by atoms with Gasteiger partial charge in [-0.15, -0.1) is 0 Å². The molecule has 0 unspecified atom stereocenters. The molecule has 1 aromatic heterocycles. The van der Waals surface area contributed by atoms with E-state index in [9.17, 15) is 19.2 Å². The van der Waals surface area contributed by atoms with Crippen LogP contribution in [0.5, 0.6) is 0 Å². The average Bonchev–Trinajstić information content (AvgIpc) is 3.20. The van der Waals surface area contributed by atoms with Crippen LogP contribution in [0.15, 0.2) is 34.1 Å². The fraction of sp³-hybridized carbons (Fsp3) is 0.400. The van der Waals surface area contributed by atoms with E-state index < -0.39 is 22.6 Å². The average molecular weight is 433 g/mol. The molecular weight excluding hydrogens is 412 g/mol. The zero-order chi connectivity index (χ0) is 20.9. The van der Waals surface area contributed by atoms with Gasteiger partial charge in [0.15, 0.2) is 0 Å². The number of fused-ring (bicyclic) bond motifs is 2. The van der Waals surface area contributed by atoms with Crippen LogP contribution in [0.1, 0.15) is 42.4 Å². The molecule has 0 saturated carbocycles. The largest absolute Gasteiger partial charge is 0.462 e. The number of carbonyl (C=O) groups is 3. The number of nitrogens with zero attached hydrogens (tertiary/aromatic N) is 1. The number of carbonyl (C=O) groups excluding carboxylic acids is 3. The first kappa shape index (κ1) is 19.9. The second-order valence-electron chi connectivity index (χ2n) is 7.24. The number of aromatic nitrogens is 1. The summed E-state index contributed by atoms with van der Waals surface area (Å²) in [5.74, 6) is -1.57. The van der Waals surface area contributed by atoms with E-state index in [1.54, 1.807) is 31.2 Å². The first-order chi connectivity index (χ1) is 13.8. The Morgan fingerprint density at radius 3 is 2.48 bits per heavy atom. The summed E-state index contributed by atoms with van der Waals surface area (Å²) < 4.78 is 4.97. The van der Waals surface area contributed by atoms with Crippen molar-refractivity contribution >= 4 is 46.6 Å². The van der Waals surface area contributed by atoms with Crippen molar-refractivity contribution < 1.29 is 19.1 Å². The first-order valence-corrected chi connectivity index (χ1v) is 11.1. The van der Waals surface area contributed by atoms with Crippen molar-refractivity contribution in [3.63, 3.8) is 0 Å². The van der Waals surface area contributed by atoms with E-state index in [2.05, 4.69) is 4.98 Å². The van der Waals surface area contributed by atoms with Gasteiger partial charge in [0.1, 0.15) is 5.25 Å². The predicted molar refractivity (Wildman–Crippen MR) is 111 cm³/mol. The lowest BCUT2D eigenvalue weighted by Crippen LogP contribution is -2.43. The van der Waals surface area contributed by atoms with Crippen molar-refractivity contribution in [3.8, 4) is 0 Å². The third kappa shape index (κ3) is 2.95. The predicted octanol–water partition coefficient (Wildman–Crippen LogP) is 2.94. The third-order valence-electron chi connectivity index (χ3n) is 5.69. The highest BCUT2D eigenvalue weighted by molar-refractivity contribution is 8.00. The Labute approximate surface area is 175 Å². The lowest BCUT2D eigenvalue weighted by Gasteiger charge is -2.38. The molecule has 0 radical (unpaired) electrons. The number of H-pyrrole nitrogens is 1. The number of nitrogens with one attached hydrogen (secondary N) is 1. The van der Waals surface area contributed by atoms with Crippen molar-refractivity contribution in [3.05, 3.63) is 44.4 Å². The van der Waals surface area contributed by atoms with Crippen LogP contribution in [0.3, 0.4) is 0 Å². The van der Waals surface area contributed by atoms with E-state index in [0.29, 0.717) is 22.7 Å². The highest BCUT2D eigenvalue weighted by Gasteiger charge is 2.60. The van der Waals surface area contributed by atoms with Crippen molar-refractivity contribution in [1.29, 1.82) is 0 Å². The number of hydrogen-bond acceptors (Lipinski definition) is 7. The van der Waals surface area contributed by atoms with Crippen molar-refractivity contribution in [1.82, 2.24) is 4.98 Å². The number of benzene rings is 1. The Morgan fingerprint density at radius 2 is 1.86 bits per heavy atom. The monoisotopic (exact) mass is 432 g/mol. The summed E-state index contributed by atoms with van der Waals surface area (Å²) in [5, 5.41) is 0.0983. The fourth-order valence-corrected chi connectivity index (χ4v) is 6.83. The molecule has 0 bridgehead atoms. The Bertz CT molecular complexity index is 1060. The van der Waals surface area contributed by atoms with Gasteiger partial charge in [-0.1, -0.05) is 36.9 Å². The molecule has 0 spiro atoms. The summed E-state index contributed by atoms with van der Waals surface area (Å²) >= 11 is 2.38. The normalized spacial score (nSPS) is 25.7. The van der Waals surface area contributed by atoms with Gasteiger partial charge in [0.2, 0.25) is 11.8 Å². The van der Waals surface area contributed by atoms with Crippen LogP contribution in [0, 0.1) is 5.92 Å². The second-order valence-corrected chi connectivity index (χ2v) is 9.37. The number of rotatable bonds is 4. The van der Waals surface area contributed by atoms with Crippen LogP contribution in [0.25, 0.3) is 0 Å².